The SMILES string of the molecule is CC1=C(C#N)C(=O)N(C)C(=O)/C1=C/c1cn(-c2ccccc2)nc1-c1ccc(S(=O)(=O)N2CCOCC2)cc1. The van der Waals surface area contributed by atoms with Gasteiger partial charge in [-0.25, -0.2) is 13.1 Å². The Morgan fingerprint density at radius 1 is 1.00 bits per heavy atom. The Kier molecular flexibility index (Phi) is 7.01. The van der Waals surface area contributed by atoms with Gasteiger partial charge in [0.1, 0.15) is 11.6 Å². The van der Waals surface area contributed by atoms with E-state index in [1.807, 2.05) is 36.4 Å². The molecule has 39 heavy (non-hydrogen) atoms. The van der Waals surface area contributed by atoms with Crippen LogP contribution in [0.2, 0.25) is 0 Å². The van der Waals surface area contributed by atoms with Crippen LogP contribution in [0.5, 0.6) is 0 Å². The van der Waals surface area contributed by atoms with E-state index >= 15 is 0 Å². The monoisotopic (exact) mass is 543 g/mol. The number of amides is 2. The molecule has 5 rings (SSSR count). The molecule has 1 saturated heterocycles. The molecule has 1 aromatic heterocycles. The lowest BCUT2D eigenvalue weighted by Gasteiger charge is -2.26. The Morgan fingerprint density at radius 2 is 1.67 bits per heavy atom. The number of imide groups is 1. The zero-order valence-electron chi connectivity index (χ0n) is 21.4. The maximum Gasteiger partial charge on any atom is 0.271 e. The molecule has 0 aliphatic carbocycles. The second kappa shape index (κ2) is 10.4. The van der Waals surface area contributed by atoms with Gasteiger partial charge in [-0.2, -0.15) is 14.7 Å². The summed E-state index contributed by atoms with van der Waals surface area (Å²) in [6, 6.07) is 17.7. The number of nitriles is 1. The first-order chi connectivity index (χ1) is 18.7. The molecule has 0 saturated carbocycles. The van der Waals surface area contributed by atoms with Gasteiger partial charge in [0.15, 0.2) is 0 Å². The molecule has 11 heteroatoms. The smallest absolute Gasteiger partial charge is 0.271 e. The van der Waals surface area contributed by atoms with Crippen LogP contribution in [0.25, 0.3) is 23.0 Å². The summed E-state index contributed by atoms with van der Waals surface area (Å²) < 4.78 is 34.5. The average Bonchev–Trinajstić information content (AvgIpc) is 3.39. The van der Waals surface area contributed by atoms with Crippen molar-refractivity contribution in [1.29, 1.82) is 5.26 Å². The predicted octanol–water partition coefficient (Wildman–Crippen LogP) is 2.78. The Morgan fingerprint density at radius 3 is 2.31 bits per heavy atom. The summed E-state index contributed by atoms with van der Waals surface area (Å²) in [6.07, 6.45) is 3.36. The summed E-state index contributed by atoms with van der Waals surface area (Å²) in [6.45, 7) is 2.87. The zero-order chi connectivity index (χ0) is 27.7. The fourth-order valence-corrected chi connectivity index (χ4v) is 5.91. The first-order valence-electron chi connectivity index (χ1n) is 12.2. The van der Waals surface area contributed by atoms with E-state index in [1.165, 1.54) is 23.5 Å². The lowest BCUT2D eigenvalue weighted by Crippen LogP contribution is -2.40. The van der Waals surface area contributed by atoms with Crippen molar-refractivity contribution in [2.24, 2.45) is 0 Å². The number of sulfonamides is 1. The van der Waals surface area contributed by atoms with Crippen molar-refractivity contribution in [1.82, 2.24) is 19.0 Å². The fraction of sp³-hybridized carbons (Fsp3) is 0.214. The largest absolute Gasteiger partial charge is 0.379 e. The number of hydrogen-bond donors (Lipinski definition) is 0. The van der Waals surface area contributed by atoms with Crippen molar-refractivity contribution in [2.75, 3.05) is 33.4 Å². The Hall–Kier alpha value is -4.37. The lowest BCUT2D eigenvalue weighted by atomic mass is 9.93. The molecule has 0 atom stereocenters. The highest BCUT2D eigenvalue weighted by Gasteiger charge is 2.33. The van der Waals surface area contributed by atoms with E-state index in [2.05, 4.69) is 0 Å². The van der Waals surface area contributed by atoms with E-state index in [0.717, 1.165) is 10.6 Å². The van der Waals surface area contributed by atoms with Crippen LogP contribution in [0.3, 0.4) is 0 Å². The molecule has 3 heterocycles. The van der Waals surface area contributed by atoms with Crippen LogP contribution >= 0.6 is 0 Å². The molecule has 10 nitrogen and oxygen atoms in total. The van der Waals surface area contributed by atoms with Crippen molar-refractivity contribution in [3.8, 4) is 23.0 Å². The van der Waals surface area contributed by atoms with E-state index in [4.69, 9.17) is 9.84 Å². The highest BCUT2D eigenvalue weighted by atomic mass is 32.2. The molecule has 2 aliphatic heterocycles. The van der Waals surface area contributed by atoms with Gasteiger partial charge in [-0.15, -0.1) is 0 Å². The van der Waals surface area contributed by atoms with Crippen molar-refractivity contribution in [3.63, 3.8) is 0 Å². The number of nitrogens with zero attached hydrogens (tertiary/aromatic N) is 5. The summed E-state index contributed by atoms with van der Waals surface area (Å²) >= 11 is 0. The lowest BCUT2D eigenvalue weighted by molar-refractivity contribution is -0.138. The zero-order valence-corrected chi connectivity index (χ0v) is 22.2. The molecule has 2 aliphatic rings. The van der Waals surface area contributed by atoms with E-state index in [0.29, 0.717) is 43.1 Å². The van der Waals surface area contributed by atoms with Crippen LogP contribution in [0.15, 0.2) is 82.4 Å². The second-order valence-electron chi connectivity index (χ2n) is 9.09. The summed E-state index contributed by atoms with van der Waals surface area (Å²) in [4.78, 5) is 26.5. The van der Waals surface area contributed by atoms with E-state index in [9.17, 15) is 23.3 Å². The molecule has 2 amide bonds. The van der Waals surface area contributed by atoms with Crippen LogP contribution in [-0.4, -0.2) is 72.6 Å². The molecule has 0 N–H and O–H groups in total. The molecule has 0 radical (unpaired) electrons. The highest BCUT2D eigenvalue weighted by molar-refractivity contribution is 7.89. The molecular formula is C28H25N5O5S. The van der Waals surface area contributed by atoms with Gasteiger partial charge in [-0.1, -0.05) is 30.3 Å². The Bertz CT molecular complexity index is 1660. The van der Waals surface area contributed by atoms with Gasteiger partial charge in [-0.05, 0) is 42.8 Å². The summed E-state index contributed by atoms with van der Waals surface area (Å²) in [5.41, 5.74) is 2.86. The number of ether oxygens (including phenoxy) is 1. The Balaban J connectivity index is 1.61. The molecule has 2 aromatic carbocycles. The summed E-state index contributed by atoms with van der Waals surface area (Å²) in [5.74, 6) is -1.17. The number of para-hydroxylation sites is 1. The van der Waals surface area contributed by atoms with Crippen molar-refractivity contribution < 1.29 is 22.7 Å². The summed E-state index contributed by atoms with van der Waals surface area (Å²) in [7, 11) is -2.33. The third-order valence-electron chi connectivity index (χ3n) is 6.74. The van der Waals surface area contributed by atoms with Gasteiger partial charge in [-0.3, -0.25) is 14.5 Å². The van der Waals surface area contributed by atoms with Gasteiger partial charge in [0.05, 0.1) is 29.5 Å². The standard InChI is InChI=1S/C28H25N5O5S/c1-19-24(27(34)31(2)28(35)25(19)17-29)16-21-18-33(22-6-4-3-5-7-22)30-26(21)20-8-10-23(11-9-20)39(36,37)32-12-14-38-15-13-32/h3-11,16,18H,12-15H2,1-2H3/b24-16+. The van der Waals surface area contributed by atoms with Crippen molar-refractivity contribution in [3.05, 3.63) is 83.1 Å². The summed E-state index contributed by atoms with van der Waals surface area (Å²) in [5, 5.41) is 14.3. The fourth-order valence-electron chi connectivity index (χ4n) is 4.50. The third-order valence-corrected chi connectivity index (χ3v) is 8.66. The minimum atomic E-state index is -3.67. The minimum absolute atomic E-state index is 0.0991. The Labute approximate surface area is 226 Å². The van der Waals surface area contributed by atoms with Gasteiger partial charge >= 0.3 is 0 Å². The van der Waals surface area contributed by atoms with Gasteiger partial charge < -0.3 is 4.74 Å². The van der Waals surface area contributed by atoms with Crippen LogP contribution < -0.4 is 0 Å². The predicted molar refractivity (Wildman–Crippen MR) is 143 cm³/mol. The molecule has 0 unspecified atom stereocenters. The van der Waals surface area contributed by atoms with Crippen molar-refractivity contribution >= 4 is 27.9 Å². The van der Waals surface area contributed by atoms with Crippen LogP contribution in [-0.2, 0) is 24.3 Å². The molecular weight excluding hydrogens is 518 g/mol. The topological polar surface area (TPSA) is 126 Å². The average molecular weight is 544 g/mol. The van der Waals surface area contributed by atoms with Crippen LogP contribution in [0.4, 0.5) is 0 Å². The van der Waals surface area contributed by atoms with Gasteiger partial charge in [0, 0.05) is 43.0 Å². The number of rotatable bonds is 5. The molecule has 1 fully saturated rings. The minimum Gasteiger partial charge on any atom is -0.379 e. The maximum atomic E-state index is 13.1. The second-order valence-corrected chi connectivity index (χ2v) is 11.0. The number of benzene rings is 2. The maximum absolute atomic E-state index is 13.1. The number of carbonyl (C=O) groups is 2. The first-order valence-corrected chi connectivity index (χ1v) is 13.6. The third kappa shape index (κ3) is 4.81. The molecule has 0 bridgehead atoms. The molecule has 0 spiro atoms. The van der Waals surface area contributed by atoms with Gasteiger partial charge in [0.2, 0.25) is 10.0 Å². The normalized spacial score (nSPS) is 18.1. The number of carbonyl (C=O) groups excluding carboxylic acids is 2. The molecule has 3 aromatic rings. The van der Waals surface area contributed by atoms with Gasteiger partial charge in [0.25, 0.3) is 11.8 Å². The number of morpholine rings is 1. The van der Waals surface area contributed by atoms with E-state index in [1.54, 1.807) is 36.0 Å². The quantitative estimate of drug-likeness (QED) is 0.358. The first kappa shape index (κ1) is 26.2. The van der Waals surface area contributed by atoms with Crippen molar-refractivity contribution in [2.45, 2.75) is 11.8 Å². The highest BCUT2D eigenvalue weighted by Crippen LogP contribution is 2.31. The number of aromatic nitrogens is 2. The van der Waals surface area contributed by atoms with Crippen LogP contribution in [0.1, 0.15) is 12.5 Å². The number of likely N-dealkylation sites (N-methyl/N-ethyl adjacent to an activating group) is 1. The molecule has 198 valence electrons. The van der Waals surface area contributed by atoms with Crippen LogP contribution in [0, 0.1) is 11.3 Å². The van der Waals surface area contributed by atoms with E-state index < -0.39 is 21.8 Å². The number of hydrogen-bond acceptors (Lipinski definition) is 7. The van der Waals surface area contributed by atoms with E-state index in [-0.39, 0.29) is 21.6 Å².